The zero-order valence-corrected chi connectivity index (χ0v) is 25.4. The number of fused-ring (bicyclic) bond motifs is 1. The molecule has 3 aromatic heterocycles. The van der Waals surface area contributed by atoms with Crippen LogP contribution >= 0.6 is 15.9 Å². The van der Waals surface area contributed by atoms with E-state index in [9.17, 15) is 26.4 Å². The molecule has 1 amide bonds. The summed E-state index contributed by atoms with van der Waals surface area (Å²) < 4.78 is 70.1. The molecule has 1 saturated heterocycles. The molecule has 5 heterocycles. The first kappa shape index (κ1) is 29.8. The number of halogens is 4. The second-order valence-corrected chi connectivity index (χ2v) is 13.7. The number of anilines is 1. The first-order valence-corrected chi connectivity index (χ1v) is 16.2. The second kappa shape index (κ2) is 11.7. The quantitative estimate of drug-likeness (QED) is 0.399. The molecule has 2 aliphatic heterocycles. The highest BCUT2D eigenvalue weighted by Crippen LogP contribution is 2.37. The third-order valence-electron chi connectivity index (χ3n) is 8.23. The maximum Gasteiger partial charge on any atom is 0.471 e. The van der Waals surface area contributed by atoms with Crippen LogP contribution in [0, 0.1) is 0 Å². The number of amides is 1. The molecular formula is C28H29BrF3N7O3S. The van der Waals surface area contributed by atoms with E-state index in [1.165, 1.54) is 10.4 Å². The number of rotatable bonds is 6. The van der Waals surface area contributed by atoms with E-state index in [0.717, 1.165) is 32.0 Å². The highest BCUT2D eigenvalue weighted by Gasteiger charge is 2.44. The van der Waals surface area contributed by atoms with Crippen molar-refractivity contribution in [3.8, 4) is 0 Å². The van der Waals surface area contributed by atoms with E-state index >= 15 is 0 Å². The van der Waals surface area contributed by atoms with E-state index in [1.807, 2.05) is 18.2 Å². The zero-order chi connectivity index (χ0) is 30.4. The van der Waals surface area contributed by atoms with E-state index in [1.54, 1.807) is 23.1 Å². The van der Waals surface area contributed by atoms with Crippen molar-refractivity contribution in [2.45, 2.75) is 50.7 Å². The van der Waals surface area contributed by atoms with Crippen molar-refractivity contribution >= 4 is 43.3 Å². The van der Waals surface area contributed by atoms with Crippen LogP contribution in [0.4, 0.5) is 19.0 Å². The first-order valence-electron chi connectivity index (χ1n) is 14.0. The maximum absolute atomic E-state index is 13.6. The molecule has 228 valence electrons. The monoisotopic (exact) mass is 679 g/mol. The van der Waals surface area contributed by atoms with E-state index in [4.69, 9.17) is 4.98 Å². The third kappa shape index (κ3) is 6.07. The smallest absolute Gasteiger partial charge is 0.366 e. The van der Waals surface area contributed by atoms with Gasteiger partial charge in [-0.15, -0.1) is 0 Å². The van der Waals surface area contributed by atoms with Crippen LogP contribution in [0.2, 0.25) is 0 Å². The Balaban J connectivity index is 1.16. The predicted octanol–water partition coefficient (Wildman–Crippen LogP) is 4.78. The van der Waals surface area contributed by atoms with Gasteiger partial charge in [0.25, 0.3) is 0 Å². The Kier molecular flexibility index (Phi) is 8.07. The second-order valence-electron chi connectivity index (χ2n) is 10.9. The van der Waals surface area contributed by atoms with Crippen molar-refractivity contribution in [1.29, 1.82) is 0 Å². The summed E-state index contributed by atoms with van der Waals surface area (Å²) in [6.07, 6.45) is 3.91. The van der Waals surface area contributed by atoms with Gasteiger partial charge in [0.15, 0.2) is 5.65 Å². The largest absolute Gasteiger partial charge is 0.471 e. The van der Waals surface area contributed by atoms with E-state index in [0.29, 0.717) is 63.0 Å². The van der Waals surface area contributed by atoms with Gasteiger partial charge in [-0.05, 0) is 71.3 Å². The molecule has 6 rings (SSSR count). The van der Waals surface area contributed by atoms with Crippen LogP contribution < -0.4 is 5.32 Å². The van der Waals surface area contributed by atoms with Crippen LogP contribution in [0.15, 0.2) is 63.4 Å². The molecule has 0 spiro atoms. The summed E-state index contributed by atoms with van der Waals surface area (Å²) in [6, 6.07) is 5.79. The molecule has 0 unspecified atom stereocenters. The van der Waals surface area contributed by atoms with E-state index in [2.05, 4.69) is 31.3 Å². The molecule has 0 saturated carbocycles. The Bertz CT molecular complexity index is 1720. The van der Waals surface area contributed by atoms with Gasteiger partial charge < -0.3 is 10.2 Å². The normalized spacial score (nSPS) is 19.0. The molecule has 1 fully saturated rings. The summed E-state index contributed by atoms with van der Waals surface area (Å²) in [7, 11) is -3.81. The van der Waals surface area contributed by atoms with E-state index in [-0.39, 0.29) is 23.9 Å². The lowest BCUT2D eigenvalue weighted by Gasteiger charge is -2.35. The minimum atomic E-state index is -4.96. The minimum Gasteiger partial charge on any atom is -0.366 e. The summed E-state index contributed by atoms with van der Waals surface area (Å²) in [5, 5.41) is 7.83. The number of aromatic nitrogens is 4. The minimum absolute atomic E-state index is 0.0169. The fourth-order valence-corrected chi connectivity index (χ4v) is 7.92. The Morgan fingerprint density at radius 1 is 1.12 bits per heavy atom. The van der Waals surface area contributed by atoms with Gasteiger partial charge in [-0.3, -0.25) is 9.78 Å². The highest BCUT2D eigenvalue weighted by atomic mass is 79.9. The molecule has 3 aromatic rings. The number of carbonyl (C=O) groups excluding carboxylic acids is 1. The van der Waals surface area contributed by atoms with Gasteiger partial charge in [-0.2, -0.15) is 27.1 Å². The number of hydrogen-bond donors (Lipinski definition) is 1. The van der Waals surface area contributed by atoms with E-state index < -0.39 is 22.1 Å². The van der Waals surface area contributed by atoms with Crippen molar-refractivity contribution in [2.75, 3.05) is 31.5 Å². The Labute approximate surface area is 254 Å². The average Bonchev–Trinajstić information content (AvgIpc) is 3.39. The summed E-state index contributed by atoms with van der Waals surface area (Å²) in [5.41, 5.74) is 3.92. The molecule has 3 aliphatic rings. The summed E-state index contributed by atoms with van der Waals surface area (Å²) >= 11 is 3.52. The number of pyridine rings is 1. The molecular weight excluding hydrogens is 651 g/mol. The van der Waals surface area contributed by atoms with Crippen LogP contribution in [0.25, 0.3) is 5.65 Å². The molecule has 0 bridgehead atoms. The van der Waals surface area contributed by atoms with Crippen molar-refractivity contribution in [3.05, 3.63) is 74.6 Å². The molecule has 0 atom stereocenters. The fraction of sp³-hybridized carbons (Fsp3) is 0.429. The summed E-state index contributed by atoms with van der Waals surface area (Å²) in [4.78, 5) is 21.7. The Morgan fingerprint density at radius 3 is 2.63 bits per heavy atom. The van der Waals surface area contributed by atoms with Crippen molar-refractivity contribution in [3.63, 3.8) is 0 Å². The molecule has 43 heavy (non-hydrogen) atoms. The number of nitrogens with one attached hydrogen (secondary N) is 1. The van der Waals surface area contributed by atoms with Gasteiger partial charge in [-0.1, -0.05) is 11.6 Å². The molecule has 15 heteroatoms. The van der Waals surface area contributed by atoms with Gasteiger partial charge in [-0.25, -0.2) is 13.4 Å². The molecule has 0 aromatic carbocycles. The van der Waals surface area contributed by atoms with Gasteiger partial charge in [0.05, 0.1) is 15.6 Å². The number of hydrogen-bond acceptors (Lipinski definition) is 7. The van der Waals surface area contributed by atoms with Gasteiger partial charge in [0, 0.05) is 62.8 Å². The van der Waals surface area contributed by atoms with Gasteiger partial charge in [0.1, 0.15) is 5.82 Å². The number of carbonyl (C=O) groups is 1. The first-order chi connectivity index (χ1) is 20.5. The fourth-order valence-electron chi connectivity index (χ4n) is 5.90. The van der Waals surface area contributed by atoms with Gasteiger partial charge in [0.2, 0.25) is 10.0 Å². The lowest BCUT2D eigenvalue weighted by Crippen LogP contribution is -2.45. The van der Waals surface area contributed by atoms with Crippen molar-refractivity contribution < 1.29 is 26.4 Å². The predicted molar refractivity (Wildman–Crippen MR) is 156 cm³/mol. The van der Waals surface area contributed by atoms with Crippen molar-refractivity contribution in [1.82, 2.24) is 28.8 Å². The lowest BCUT2D eigenvalue weighted by atomic mass is 9.91. The zero-order valence-electron chi connectivity index (χ0n) is 23.0. The number of allylic oxidation sites excluding steroid dienone is 1. The third-order valence-corrected chi connectivity index (χ3v) is 10.8. The standard InChI is InChI=1S/C28H29BrF3N7O3S/c29-23-16-35-39-25(34-15-18-2-1-8-33-14-18)13-24(36-26(23)39)20-6-10-38(11-7-20)43(41,42)22-4-3-19-5-9-37(17-21(19)12-22)27(40)28(30,31)32/h1-2,8,12-14,16,20,34H,3-7,9-11,15,17H2. The molecule has 1 aliphatic carbocycles. The number of nitrogens with zero attached hydrogens (tertiary/aromatic N) is 6. The SMILES string of the molecule is O=C(N1CCC2=C(C=C(S(=O)(=O)N3CCC(c4cc(NCc5cccnc5)n5ncc(Br)c5n4)CC3)CC2)C1)C(F)(F)F. The molecule has 0 radical (unpaired) electrons. The summed E-state index contributed by atoms with van der Waals surface area (Å²) in [6.45, 7) is 0.874. The molecule has 10 nitrogen and oxygen atoms in total. The summed E-state index contributed by atoms with van der Waals surface area (Å²) in [5.74, 6) is -1.12. The lowest BCUT2D eigenvalue weighted by molar-refractivity contribution is -0.185. The average molecular weight is 681 g/mol. The van der Waals surface area contributed by atoms with Crippen LogP contribution in [0.5, 0.6) is 0 Å². The Hall–Kier alpha value is -3.30. The number of alkyl halides is 3. The number of sulfonamides is 1. The maximum atomic E-state index is 13.6. The topological polar surface area (TPSA) is 113 Å². The number of piperidine rings is 1. The molecule has 1 N–H and O–H groups in total. The van der Waals surface area contributed by atoms with Gasteiger partial charge >= 0.3 is 12.1 Å². The van der Waals surface area contributed by atoms with Crippen LogP contribution in [0.3, 0.4) is 0 Å². The van der Waals surface area contributed by atoms with Crippen LogP contribution in [0.1, 0.15) is 49.3 Å². The Morgan fingerprint density at radius 2 is 1.91 bits per heavy atom. The van der Waals surface area contributed by atoms with Crippen LogP contribution in [-0.4, -0.2) is 75.5 Å². The highest BCUT2D eigenvalue weighted by molar-refractivity contribution is 9.10. The van der Waals surface area contributed by atoms with Crippen LogP contribution in [-0.2, 0) is 21.4 Å². The van der Waals surface area contributed by atoms with Crippen molar-refractivity contribution in [2.24, 2.45) is 0 Å².